The van der Waals surface area contributed by atoms with E-state index in [1.54, 1.807) is 12.3 Å². The van der Waals surface area contributed by atoms with Crippen molar-refractivity contribution in [2.75, 3.05) is 45.1 Å². The van der Waals surface area contributed by atoms with Crippen molar-refractivity contribution in [3.63, 3.8) is 0 Å². The Morgan fingerprint density at radius 3 is 2.85 bits per heavy atom. The van der Waals surface area contributed by atoms with Gasteiger partial charge in [-0.05, 0) is 30.4 Å². The lowest BCUT2D eigenvalue weighted by molar-refractivity contribution is 0.257. The van der Waals surface area contributed by atoms with Gasteiger partial charge in [-0.25, -0.2) is 0 Å². The highest BCUT2D eigenvalue weighted by Gasteiger charge is 2.21. The van der Waals surface area contributed by atoms with Gasteiger partial charge < -0.3 is 15.1 Å². The van der Waals surface area contributed by atoms with E-state index in [2.05, 4.69) is 42.2 Å². The second kappa shape index (κ2) is 9.27. The molecule has 27 heavy (non-hydrogen) atoms. The number of nitrogens with zero attached hydrogens (tertiary/aromatic N) is 5. The maximum Gasteiger partial charge on any atom is 0.189 e. The molecule has 3 rings (SSSR count). The highest BCUT2D eigenvalue weighted by atomic mass is 32.1. The molecule has 142 valence electrons. The van der Waals surface area contributed by atoms with Crippen LogP contribution in [0.5, 0.6) is 0 Å². The average Bonchev–Trinajstić information content (AvgIpc) is 2.73. The van der Waals surface area contributed by atoms with Crippen LogP contribution in [0.1, 0.15) is 12.1 Å². The molecule has 2 aliphatic rings. The predicted molar refractivity (Wildman–Crippen MR) is 115 cm³/mol. The summed E-state index contributed by atoms with van der Waals surface area (Å²) < 4.78 is 0. The van der Waals surface area contributed by atoms with Crippen LogP contribution in [0, 0.1) is 0 Å². The number of hydrazone groups is 1. The number of rotatable bonds is 3. The molecular weight excluding hydrogens is 358 g/mol. The van der Waals surface area contributed by atoms with Crippen molar-refractivity contribution in [3.8, 4) is 0 Å². The molecule has 0 unspecified atom stereocenters. The molecule has 3 heterocycles. The van der Waals surface area contributed by atoms with E-state index in [-0.39, 0.29) is 0 Å². The standard InChI is InChI=1S/C19H25N7S/c1-3-4-7-17(20-2)25-11-13-26(14-12-25)19(27)24-23-16-8-10-21-15-6-5-9-22-18(15)16/h3-7,9,21H,1,8,10-14H2,2H3,(H,24,27)/b7-4-,20-17?,23-16-. The summed E-state index contributed by atoms with van der Waals surface area (Å²) in [4.78, 5) is 13.2. The molecule has 8 heteroatoms. The summed E-state index contributed by atoms with van der Waals surface area (Å²) in [6, 6.07) is 3.94. The first kappa shape index (κ1) is 19.0. The van der Waals surface area contributed by atoms with E-state index in [9.17, 15) is 0 Å². The van der Waals surface area contributed by atoms with Crippen molar-refractivity contribution in [1.82, 2.24) is 20.2 Å². The zero-order valence-corrected chi connectivity index (χ0v) is 16.4. The van der Waals surface area contributed by atoms with E-state index in [4.69, 9.17) is 12.2 Å². The van der Waals surface area contributed by atoms with E-state index in [1.165, 1.54) is 0 Å². The molecule has 1 saturated heterocycles. The van der Waals surface area contributed by atoms with Crippen molar-refractivity contribution < 1.29 is 0 Å². The number of hydrogen-bond donors (Lipinski definition) is 2. The summed E-state index contributed by atoms with van der Waals surface area (Å²) in [6.07, 6.45) is 8.24. The van der Waals surface area contributed by atoms with E-state index in [0.29, 0.717) is 5.11 Å². The zero-order chi connectivity index (χ0) is 19.1. The molecule has 0 radical (unpaired) electrons. The van der Waals surface area contributed by atoms with Crippen LogP contribution in [0.4, 0.5) is 5.69 Å². The Hall–Kier alpha value is -2.74. The van der Waals surface area contributed by atoms with Crippen molar-refractivity contribution in [2.24, 2.45) is 10.1 Å². The Kier molecular flexibility index (Phi) is 6.54. The van der Waals surface area contributed by atoms with Crippen LogP contribution in [0.25, 0.3) is 0 Å². The van der Waals surface area contributed by atoms with E-state index >= 15 is 0 Å². The molecule has 1 aromatic heterocycles. The zero-order valence-electron chi connectivity index (χ0n) is 15.6. The lowest BCUT2D eigenvalue weighted by atomic mass is 10.1. The third-order valence-electron chi connectivity index (χ3n) is 4.55. The van der Waals surface area contributed by atoms with Gasteiger partial charge in [0.15, 0.2) is 5.11 Å². The van der Waals surface area contributed by atoms with Crippen LogP contribution in [-0.4, -0.2) is 71.2 Å². The van der Waals surface area contributed by atoms with Crippen molar-refractivity contribution in [1.29, 1.82) is 0 Å². The van der Waals surface area contributed by atoms with Crippen LogP contribution in [-0.2, 0) is 0 Å². The number of amidine groups is 1. The Bertz CT molecular complexity index is 776. The summed E-state index contributed by atoms with van der Waals surface area (Å²) in [6.45, 7) is 7.93. The average molecular weight is 384 g/mol. The molecule has 2 aliphatic heterocycles. The first-order valence-corrected chi connectivity index (χ1v) is 9.45. The Morgan fingerprint density at radius 2 is 2.11 bits per heavy atom. The number of pyridine rings is 1. The fraction of sp³-hybridized carbons (Fsp3) is 0.368. The predicted octanol–water partition coefficient (Wildman–Crippen LogP) is 1.86. The molecule has 0 aromatic carbocycles. The highest BCUT2D eigenvalue weighted by Crippen LogP contribution is 2.19. The van der Waals surface area contributed by atoms with E-state index in [0.717, 1.165) is 62.1 Å². The highest BCUT2D eigenvalue weighted by molar-refractivity contribution is 7.80. The Labute approximate surface area is 165 Å². The summed E-state index contributed by atoms with van der Waals surface area (Å²) in [5.41, 5.74) is 5.89. The second-order valence-corrected chi connectivity index (χ2v) is 6.59. The van der Waals surface area contributed by atoms with Crippen molar-refractivity contribution >= 4 is 34.6 Å². The number of fused-ring (bicyclic) bond motifs is 1. The van der Waals surface area contributed by atoms with Crippen LogP contribution >= 0.6 is 12.2 Å². The summed E-state index contributed by atoms with van der Waals surface area (Å²) in [5, 5.41) is 8.52. The maximum absolute atomic E-state index is 5.54. The minimum absolute atomic E-state index is 0.648. The van der Waals surface area contributed by atoms with Gasteiger partial charge in [0, 0.05) is 52.4 Å². The quantitative estimate of drug-likeness (QED) is 0.273. The minimum atomic E-state index is 0.648. The molecule has 1 aromatic rings. The molecule has 0 bridgehead atoms. The summed E-state index contributed by atoms with van der Waals surface area (Å²) in [5.74, 6) is 0.964. The molecule has 0 saturated carbocycles. The monoisotopic (exact) mass is 383 g/mol. The number of anilines is 1. The fourth-order valence-electron chi connectivity index (χ4n) is 3.12. The van der Waals surface area contributed by atoms with Gasteiger partial charge in [-0.3, -0.25) is 15.4 Å². The van der Waals surface area contributed by atoms with Gasteiger partial charge >= 0.3 is 0 Å². The summed E-state index contributed by atoms with van der Waals surface area (Å²) >= 11 is 5.54. The van der Waals surface area contributed by atoms with Gasteiger partial charge in [-0.2, -0.15) is 5.10 Å². The Morgan fingerprint density at radius 1 is 1.33 bits per heavy atom. The normalized spacial score (nSPS) is 19.0. The van der Waals surface area contributed by atoms with E-state index in [1.807, 2.05) is 31.3 Å². The number of thiocarbonyl (C=S) groups is 1. The number of hydrogen-bond acceptors (Lipinski definition) is 5. The van der Waals surface area contributed by atoms with Crippen molar-refractivity contribution in [2.45, 2.75) is 6.42 Å². The van der Waals surface area contributed by atoms with Gasteiger partial charge in [-0.1, -0.05) is 18.7 Å². The van der Waals surface area contributed by atoms with Crippen LogP contribution in [0.15, 0.2) is 53.2 Å². The number of aliphatic imine (C=N–C) groups is 1. The molecule has 1 fully saturated rings. The Balaban J connectivity index is 1.56. The van der Waals surface area contributed by atoms with Gasteiger partial charge in [0.2, 0.25) is 0 Å². The number of nitrogens with one attached hydrogen (secondary N) is 2. The third-order valence-corrected chi connectivity index (χ3v) is 4.90. The number of aromatic nitrogens is 1. The van der Waals surface area contributed by atoms with Crippen LogP contribution in [0.2, 0.25) is 0 Å². The molecule has 0 amide bonds. The SMILES string of the molecule is C=C/C=C\C(=NC)N1CCN(C(=S)N/N=C2/CCNc3cccnc32)CC1. The first-order chi connectivity index (χ1) is 13.2. The van der Waals surface area contributed by atoms with Crippen LogP contribution in [0.3, 0.4) is 0 Å². The van der Waals surface area contributed by atoms with Gasteiger partial charge in [0.1, 0.15) is 11.5 Å². The number of piperazine rings is 1. The molecule has 7 nitrogen and oxygen atoms in total. The summed E-state index contributed by atoms with van der Waals surface area (Å²) in [7, 11) is 1.81. The smallest absolute Gasteiger partial charge is 0.189 e. The molecule has 0 aliphatic carbocycles. The van der Waals surface area contributed by atoms with Gasteiger partial charge in [-0.15, -0.1) is 0 Å². The lowest BCUT2D eigenvalue weighted by Gasteiger charge is -2.36. The number of allylic oxidation sites excluding steroid dienone is 2. The molecule has 2 N–H and O–H groups in total. The third kappa shape index (κ3) is 4.71. The minimum Gasteiger partial charge on any atom is -0.383 e. The molecule has 0 spiro atoms. The van der Waals surface area contributed by atoms with Gasteiger partial charge in [0.25, 0.3) is 0 Å². The van der Waals surface area contributed by atoms with Crippen LogP contribution < -0.4 is 10.7 Å². The van der Waals surface area contributed by atoms with Gasteiger partial charge in [0.05, 0.1) is 11.4 Å². The largest absolute Gasteiger partial charge is 0.383 e. The maximum atomic E-state index is 5.54. The second-order valence-electron chi connectivity index (χ2n) is 6.20. The molecule has 0 atom stereocenters. The fourth-order valence-corrected chi connectivity index (χ4v) is 3.35. The molecular formula is C19H25N7S. The topological polar surface area (TPSA) is 68.2 Å². The lowest BCUT2D eigenvalue weighted by Crippen LogP contribution is -2.52. The van der Waals surface area contributed by atoms with E-state index < -0.39 is 0 Å². The van der Waals surface area contributed by atoms with Crippen molar-refractivity contribution in [3.05, 3.63) is 48.8 Å². The first-order valence-electron chi connectivity index (χ1n) is 9.04.